The van der Waals surface area contributed by atoms with Gasteiger partial charge >= 0.3 is 11.9 Å². The SMILES string of the molecule is Cc1cccc(C(=O)OC2CCCC2(C)C(=O)OCC(C)C)c1. The molecule has 0 aliphatic heterocycles. The standard InChI is InChI=1S/C19H26O4/c1-13(2)12-22-18(21)19(4)10-6-9-16(19)23-17(20)15-8-5-7-14(3)11-15/h5,7-8,11,13,16H,6,9-10,12H2,1-4H3. The van der Waals surface area contributed by atoms with E-state index < -0.39 is 11.5 Å². The van der Waals surface area contributed by atoms with Crippen LogP contribution in [0.5, 0.6) is 0 Å². The van der Waals surface area contributed by atoms with Crippen LogP contribution in [0.1, 0.15) is 56.0 Å². The molecule has 4 heteroatoms. The fourth-order valence-electron chi connectivity index (χ4n) is 2.93. The van der Waals surface area contributed by atoms with Crippen molar-refractivity contribution in [3.8, 4) is 0 Å². The molecule has 2 rings (SSSR count). The van der Waals surface area contributed by atoms with E-state index in [1.807, 2.05) is 39.8 Å². The summed E-state index contributed by atoms with van der Waals surface area (Å²) in [6.07, 6.45) is 1.83. The number of esters is 2. The maximum atomic E-state index is 12.4. The minimum Gasteiger partial charge on any atom is -0.465 e. The summed E-state index contributed by atoms with van der Waals surface area (Å²) in [7, 11) is 0. The van der Waals surface area contributed by atoms with Gasteiger partial charge in [0, 0.05) is 0 Å². The minimum atomic E-state index is -0.742. The first-order valence-electron chi connectivity index (χ1n) is 8.28. The molecule has 1 aliphatic rings. The van der Waals surface area contributed by atoms with Gasteiger partial charge in [0.25, 0.3) is 0 Å². The molecule has 1 aromatic rings. The molecule has 2 unspecified atom stereocenters. The van der Waals surface area contributed by atoms with Crippen molar-refractivity contribution < 1.29 is 19.1 Å². The van der Waals surface area contributed by atoms with Crippen LogP contribution in [0.2, 0.25) is 0 Å². The lowest BCUT2D eigenvalue weighted by molar-refractivity contribution is -0.161. The van der Waals surface area contributed by atoms with Gasteiger partial charge in [-0.05, 0) is 51.2 Å². The van der Waals surface area contributed by atoms with Crippen molar-refractivity contribution in [3.63, 3.8) is 0 Å². The van der Waals surface area contributed by atoms with Crippen LogP contribution in [-0.2, 0) is 14.3 Å². The van der Waals surface area contributed by atoms with Gasteiger partial charge in [-0.15, -0.1) is 0 Å². The van der Waals surface area contributed by atoms with Crippen molar-refractivity contribution in [2.75, 3.05) is 6.61 Å². The molecule has 0 saturated heterocycles. The topological polar surface area (TPSA) is 52.6 Å². The smallest absolute Gasteiger partial charge is 0.338 e. The van der Waals surface area contributed by atoms with E-state index in [-0.39, 0.29) is 17.9 Å². The molecule has 0 radical (unpaired) electrons. The maximum absolute atomic E-state index is 12.4. The molecule has 0 amide bonds. The van der Waals surface area contributed by atoms with Crippen LogP contribution in [0.3, 0.4) is 0 Å². The molecule has 1 aromatic carbocycles. The molecule has 0 spiro atoms. The van der Waals surface area contributed by atoms with E-state index in [0.717, 1.165) is 12.0 Å². The van der Waals surface area contributed by atoms with Gasteiger partial charge < -0.3 is 9.47 Å². The lowest BCUT2D eigenvalue weighted by Crippen LogP contribution is -2.40. The summed E-state index contributed by atoms with van der Waals surface area (Å²) in [5.74, 6) is -0.341. The largest absolute Gasteiger partial charge is 0.465 e. The Labute approximate surface area is 138 Å². The Bertz CT molecular complexity index is 578. The van der Waals surface area contributed by atoms with Crippen LogP contribution < -0.4 is 0 Å². The Morgan fingerprint density at radius 2 is 2.09 bits per heavy atom. The molecular formula is C19H26O4. The molecule has 4 nitrogen and oxygen atoms in total. The third kappa shape index (κ3) is 4.12. The number of benzene rings is 1. The van der Waals surface area contributed by atoms with Gasteiger partial charge in [-0.25, -0.2) is 4.79 Å². The number of carbonyl (C=O) groups is 2. The summed E-state index contributed by atoms with van der Waals surface area (Å²) in [6, 6.07) is 7.29. The molecule has 23 heavy (non-hydrogen) atoms. The summed E-state index contributed by atoms with van der Waals surface area (Å²) in [5.41, 5.74) is 0.786. The molecule has 0 N–H and O–H groups in total. The zero-order valence-electron chi connectivity index (χ0n) is 14.4. The van der Waals surface area contributed by atoms with Gasteiger partial charge in [-0.2, -0.15) is 0 Å². The van der Waals surface area contributed by atoms with Crippen LogP contribution in [0.4, 0.5) is 0 Å². The molecule has 1 saturated carbocycles. The van der Waals surface area contributed by atoms with E-state index in [9.17, 15) is 9.59 Å². The molecule has 1 aliphatic carbocycles. The number of rotatable bonds is 5. The number of aryl methyl sites for hydroxylation is 1. The second-order valence-electron chi connectivity index (χ2n) is 7.07. The summed E-state index contributed by atoms with van der Waals surface area (Å²) in [5, 5.41) is 0. The van der Waals surface area contributed by atoms with Gasteiger partial charge in [0.15, 0.2) is 0 Å². The highest BCUT2D eigenvalue weighted by atomic mass is 16.6. The zero-order valence-corrected chi connectivity index (χ0v) is 14.4. The molecule has 1 fully saturated rings. The first kappa shape index (κ1) is 17.5. The number of ether oxygens (including phenoxy) is 2. The van der Waals surface area contributed by atoms with E-state index in [0.29, 0.717) is 25.0 Å². The Kier molecular flexibility index (Phi) is 5.45. The predicted molar refractivity (Wildman–Crippen MR) is 88.1 cm³/mol. The lowest BCUT2D eigenvalue weighted by atomic mass is 9.86. The van der Waals surface area contributed by atoms with E-state index >= 15 is 0 Å². The monoisotopic (exact) mass is 318 g/mol. The van der Waals surface area contributed by atoms with Gasteiger partial charge in [0.2, 0.25) is 0 Å². The summed E-state index contributed by atoms with van der Waals surface area (Å²) in [4.78, 5) is 24.8. The number of carbonyl (C=O) groups excluding carboxylic acids is 2. The molecular weight excluding hydrogens is 292 g/mol. The van der Waals surface area contributed by atoms with Crippen LogP contribution >= 0.6 is 0 Å². The van der Waals surface area contributed by atoms with Gasteiger partial charge in [-0.1, -0.05) is 31.5 Å². The fourth-order valence-corrected chi connectivity index (χ4v) is 2.93. The molecule has 0 aromatic heterocycles. The highest BCUT2D eigenvalue weighted by molar-refractivity contribution is 5.90. The predicted octanol–water partition coefficient (Wildman–Crippen LogP) is 3.91. The van der Waals surface area contributed by atoms with Gasteiger partial charge in [0.05, 0.1) is 12.2 Å². The van der Waals surface area contributed by atoms with Gasteiger partial charge in [-0.3, -0.25) is 4.79 Å². The lowest BCUT2D eigenvalue weighted by Gasteiger charge is -2.29. The van der Waals surface area contributed by atoms with Crippen molar-refractivity contribution >= 4 is 11.9 Å². The van der Waals surface area contributed by atoms with E-state index in [4.69, 9.17) is 9.47 Å². The van der Waals surface area contributed by atoms with E-state index in [1.54, 1.807) is 12.1 Å². The first-order valence-corrected chi connectivity index (χ1v) is 8.28. The third-order valence-electron chi connectivity index (χ3n) is 4.39. The average molecular weight is 318 g/mol. The fraction of sp³-hybridized carbons (Fsp3) is 0.579. The maximum Gasteiger partial charge on any atom is 0.338 e. The number of hydrogen-bond donors (Lipinski definition) is 0. The molecule has 0 heterocycles. The van der Waals surface area contributed by atoms with Crippen LogP contribution in [0.25, 0.3) is 0 Å². The van der Waals surface area contributed by atoms with Crippen molar-refractivity contribution in [2.24, 2.45) is 11.3 Å². The first-order chi connectivity index (χ1) is 10.8. The highest BCUT2D eigenvalue weighted by Crippen LogP contribution is 2.41. The third-order valence-corrected chi connectivity index (χ3v) is 4.39. The van der Waals surface area contributed by atoms with Crippen molar-refractivity contribution in [3.05, 3.63) is 35.4 Å². The zero-order chi connectivity index (χ0) is 17.0. The van der Waals surface area contributed by atoms with Crippen molar-refractivity contribution in [1.82, 2.24) is 0 Å². The van der Waals surface area contributed by atoms with E-state index in [2.05, 4.69) is 0 Å². The van der Waals surface area contributed by atoms with Crippen LogP contribution in [0.15, 0.2) is 24.3 Å². The van der Waals surface area contributed by atoms with Crippen LogP contribution in [0, 0.1) is 18.3 Å². The van der Waals surface area contributed by atoms with E-state index in [1.165, 1.54) is 0 Å². The summed E-state index contributed by atoms with van der Waals surface area (Å²) in [6.45, 7) is 8.17. The number of hydrogen-bond acceptors (Lipinski definition) is 4. The second kappa shape index (κ2) is 7.16. The van der Waals surface area contributed by atoms with Gasteiger partial charge in [0.1, 0.15) is 11.5 Å². The van der Waals surface area contributed by atoms with Crippen LogP contribution in [-0.4, -0.2) is 24.6 Å². The normalized spacial score (nSPS) is 23.8. The molecule has 126 valence electrons. The highest BCUT2D eigenvalue weighted by Gasteiger charge is 2.48. The molecule has 0 bridgehead atoms. The Morgan fingerprint density at radius 3 is 2.74 bits per heavy atom. The minimum absolute atomic E-state index is 0.259. The average Bonchev–Trinajstić information content (AvgIpc) is 2.87. The molecule has 2 atom stereocenters. The van der Waals surface area contributed by atoms with Crippen molar-refractivity contribution in [2.45, 2.75) is 53.1 Å². The Balaban J connectivity index is 2.06. The Hall–Kier alpha value is -1.84. The second-order valence-corrected chi connectivity index (χ2v) is 7.07. The Morgan fingerprint density at radius 1 is 1.35 bits per heavy atom. The summed E-state index contributed by atoms with van der Waals surface area (Å²) < 4.78 is 11.1. The summed E-state index contributed by atoms with van der Waals surface area (Å²) >= 11 is 0. The van der Waals surface area contributed by atoms with Crippen molar-refractivity contribution in [1.29, 1.82) is 0 Å². The quantitative estimate of drug-likeness (QED) is 0.772.